The van der Waals surface area contributed by atoms with E-state index in [-0.39, 0.29) is 0 Å². The van der Waals surface area contributed by atoms with Crippen molar-refractivity contribution in [2.75, 3.05) is 0 Å². The first-order chi connectivity index (χ1) is 8.68. The minimum absolute atomic E-state index is 0.358. The Morgan fingerprint density at radius 2 is 1.32 bits per heavy atom. The Bertz CT molecular complexity index is 234. The Kier molecular flexibility index (Phi) is 8.22. The van der Waals surface area contributed by atoms with Gasteiger partial charge in [-0.3, -0.25) is 0 Å². The highest BCUT2D eigenvalue weighted by atomic mass is 28.4. The topological polar surface area (TPSA) is 9.23 Å². The smallest absolute Gasteiger partial charge is 0.200 e. The van der Waals surface area contributed by atoms with Crippen LogP contribution >= 0.6 is 0 Å². The summed E-state index contributed by atoms with van der Waals surface area (Å²) in [6.07, 6.45) is 4.51. The van der Waals surface area contributed by atoms with E-state index in [1.807, 2.05) is 6.08 Å². The fourth-order valence-corrected chi connectivity index (χ4v) is 9.19. The Morgan fingerprint density at radius 1 is 0.895 bits per heavy atom. The summed E-state index contributed by atoms with van der Waals surface area (Å²) in [5.41, 5.74) is 1.98. The maximum atomic E-state index is 6.84. The third kappa shape index (κ3) is 5.07. The van der Waals surface area contributed by atoms with E-state index < -0.39 is 8.32 Å². The highest BCUT2D eigenvalue weighted by Crippen LogP contribution is 2.43. The van der Waals surface area contributed by atoms with Crippen molar-refractivity contribution >= 4 is 8.32 Å². The summed E-state index contributed by atoms with van der Waals surface area (Å²) in [6, 6.07) is 0. The van der Waals surface area contributed by atoms with Crippen molar-refractivity contribution in [3.63, 3.8) is 0 Å². The Hall–Kier alpha value is -0.0831. The summed E-state index contributed by atoms with van der Waals surface area (Å²) in [7, 11) is -1.74. The van der Waals surface area contributed by atoms with Gasteiger partial charge in [0.15, 0.2) is 0 Å². The van der Waals surface area contributed by atoms with Gasteiger partial charge in [-0.15, -0.1) is 6.58 Å². The lowest BCUT2D eigenvalue weighted by molar-refractivity contribution is 0.152. The molecule has 0 aliphatic heterocycles. The molecule has 0 saturated carbocycles. The third-order valence-corrected chi connectivity index (χ3v) is 10.4. The molecule has 0 aromatic carbocycles. The van der Waals surface area contributed by atoms with E-state index in [2.05, 4.69) is 62.0 Å². The van der Waals surface area contributed by atoms with Crippen LogP contribution < -0.4 is 0 Å². The average molecular weight is 285 g/mol. The fraction of sp³-hybridized carbons (Fsp3) is 0.882. The molecule has 0 aliphatic carbocycles. The highest BCUT2D eigenvalue weighted by Gasteiger charge is 2.46. The molecule has 1 unspecified atom stereocenters. The maximum Gasteiger partial charge on any atom is 0.200 e. The Labute approximate surface area is 123 Å². The van der Waals surface area contributed by atoms with Crippen LogP contribution in [0, 0.1) is 5.92 Å². The van der Waals surface area contributed by atoms with E-state index >= 15 is 0 Å². The molecule has 0 amide bonds. The zero-order chi connectivity index (χ0) is 15.2. The molecule has 0 spiro atoms. The van der Waals surface area contributed by atoms with Gasteiger partial charge in [-0.1, -0.05) is 61.5 Å². The van der Waals surface area contributed by atoms with Crippen LogP contribution in [0.1, 0.15) is 68.2 Å². The van der Waals surface area contributed by atoms with E-state index in [0.717, 1.165) is 12.8 Å². The molecule has 2 heteroatoms. The van der Waals surface area contributed by atoms with E-state index in [0.29, 0.717) is 28.6 Å². The molecule has 0 saturated heterocycles. The molecule has 0 rings (SSSR count). The standard InChI is InChI=1S/C17H36OSi/c1-10-11-17(12-13(2)3)18-19(14(4)5,15(6)7)16(8)9/h10,13-17H,1,11-12H2,2-9H3. The molecule has 0 bridgehead atoms. The van der Waals surface area contributed by atoms with Crippen molar-refractivity contribution in [1.82, 2.24) is 0 Å². The fourth-order valence-electron chi connectivity index (χ4n) is 3.60. The lowest BCUT2D eigenvalue weighted by atomic mass is 10.0. The number of rotatable bonds is 9. The van der Waals surface area contributed by atoms with E-state index in [9.17, 15) is 0 Å². The molecule has 114 valence electrons. The van der Waals surface area contributed by atoms with Crippen LogP contribution in [0.4, 0.5) is 0 Å². The molecule has 1 nitrogen and oxygen atoms in total. The van der Waals surface area contributed by atoms with Gasteiger partial charge in [0.25, 0.3) is 0 Å². The zero-order valence-electron chi connectivity index (χ0n) is 14.5. The molecule has 0 aromatic heterocycles. The van der Waals surface area contributed by atoms with Crippen molar-refractivity contribution in [2.24, 2.45) is 5.92 Å². The van der Waals surface area contributed by atoms with E-state index in [1.54, 1.807) is 0 Å². The molecule has 19 heavy (non-hydrogen) atoms. The second-order valence-electron chi connectivity index (χ2n) is 7.21. The van der Waals surface area contributed by atoms with Crippen LogP contribution in [-0.2, 0) is 4.43 Å². The first-order valence-corrected chi connectivity index (χ1v) is 10.1. The molecular weight excluding hydrogens is 248 g/mol. The molecule has 1 atom stereocenters. The summed E-state index contributed by atoms with van der Waals surface area (Å²) in [5, 5.41) is 0. The van der Waals surface area contributed by atoms with Gasteiger partial charge < -0.3 is 4.43 Å². The molecule has 0 radical (unpaired) electrons. The third-order valence-electron chi connectivity index (χ3n) is 4.24. The predicted octanol–water partition coefficient (Wildman–Crippen LogP) is 6.17. The Balaban J connectivity index is 5.19. The SMILES string of the molecule is C=CCC(CC(C)C)O[Si](C(C)C)(C(C)C)C(C)C. The van der Waals surface area contributed by atoms with Gasteiger partial charge in [0.1, 0.15) is 0 Å². The van der Waals surface area contributed by atoms with Gasteiger partial charge in [-0.25, -0.2) is 0 Å². The summed E-state index contributed by atoms with van der Waals surface area (Å²) < 4.78 is 6.84. The predicted molar refractivity (Wildman–Crippen MR) is 90.2 cm³/mol. The maximum absolute atomic E-state index is 6.84. The van der Waals surface area contributed by atoms with Gasteiger partial charge in [-0.2, -0.15) is 0 Å². The van der Waals surface area contributed by atoms with Gasteiger partial charge in [0, 0.05) is 6.10 Å². The molecular formula is C17H36OSi. The van der Waals surface area contributed by atoms with Crippen LogP contribution in [-0.4, -0.2) is 14.4 Å². The molecule has 0 N–H and O–H groups in total. The molecule has 0 aromatic rings. The van der Waals surface area contributed by atoms with Crippen LogP contribution in [0.2, 0.25) is 16.6 Å². The van der Waals surface area contributed by atoms with Crippen molar-refractivity contribution in [3.8, 4) is 0 Å². The minimum atomic E-state index is -1.74. The van der Waals surface area contributed by atoms with Crippen LogP contribution in [0.3, 0.4) is 0 Å². The van der Waals surface area contributed by atoms with Crippen molar-refractivity contribution in [1.29, 1.82) is 0 Å². The highest BCUT2D eigenvalue weighted by molar-refractivity contribution is 6.77. The summed E-state index contributed by atoms with van der Waals surface area (Å²) in [6.45, 7) is 22.6. The van der Waals surface area contributed by atoms with Crippen molar-refractivity contribution in [2.45, 2.75) is 91.0 Å². The summed E-state index contributed by atoms with van der Waals surface area (Å²) in [5.74, 6) is 0.683. The average Bonchev–Trinajstić information content (AvgIpc) is 2.23. The molecule has 0 heterocycles. The Morgan fingerprint density at radius 3 is 1.58 bits per heavy atom. The quantitative estimate of drug-likeness (QED) is 0.363. The van der Waals surface area contributed by atoms with Gasteiger partial charge in [0.2, 0.25) is 8.32 Å². The lowest BCUT2D eigenvalue weighted by Gasteiger charge is -2.45. The summed E-state index contributed by atoms with van der Waals surface area (Å²) >= 11 is 0. The minimum Gasteiger partial charge on any atom is -0.413 e. The monoisotopic (exact) mass is 284 g/mol. The summed E-state index contributed by atoms with van der Waals surface area (Å²) in [4.78, 5) is 0. The largest absolute Gasteiger partial charge is 0.413 e. The lowest BCUT2D eigenvalue weighted by Crippen LogP contribution is -2.50. The van der Waals surface area contributed by atoms with Gasteiger partial charge in [0.05, 0.1) is 0 Å². The van der Waals surface area contributed by atoms with Crippen molar-refractivity contribution in [3.05, 3.63) is 12.7 Å². The molecule has 0 fully saturated rings. The van der Waals surface area contributed by atoms with E-state index in [1.165, 1.54) is 0 Å². The van der Waals surface area contributed by atoms with E-state index in [4.69, 9.17) is 4.43 Å². The first kappa shape index (κ1) is 18.9. The van der Waals surface area contributed by atoms with Gasteiger partial charge >= 0.3 is 0 Å². The number of hydrogen-bond donors (Lipinski definition) is 0. The van der Waals surface area contributed by atoms with Gasteiger partial charge in [-0.05, 0) is 35.4 Å². The van der Waals surface area contributed by atoms with Crippen LogP contribution in [0.5, 0.6) is 0 Å². The normalized spacial score (nSPS) is 14.7. The van der Waals surface area contributed by atoms with Crippen molar-refractivity contribution < 1.29 is 4.43 Å². The van der Waals surface area contributed by atoms with Crippen LogP contribution in [0.25, 0.3) is 0 Å². The second kappa shape index (κ2) is 8.26. The zero-order valence-corrected chi connectivity index (χ0v) is 15.5. The second-order valence-corrected chi connectivity index (χ2v) is 12.6. The van der Waals surface area contributed by atoms with Crippen LogP contribution in [0.15, 0.2) is 12.7 Å². The first-order valence-electron chi connectivity index (χ1n) is 7.97. The molecule has 0 aliphatic rings. The number of hydrogen-bond acceptors (Lipinski definition) is 1.